The molecule has 5 nitrogen and oxygen atoms in total. The first-order chi connectivity index (χ1) is 16.2. The van der Waals surface area contributed by atoms with Gasteiger partial charge in [0.2, 0.25) is 0 Å². The van der Waals surface area contributed by atoms with E-state index in [0.29, 0.717) is 11.4 Å². The Bertz CT molecular complexity index is 1010. The Balaban J connectivity index is 1.94. The molecule has 0 aromatic carbocycles. The highest BCUT2D eigenvalue weighted by atomic mass is 32.1. The zero-order chi connectivity index (χ0) is 26.0. The number of alkyl carbamates (subject to hydrolysis) is 1. The van der Waals surface area contributed by atoms with Gasteiger partial charge in [-0.3, -0.25) is 9.88 Å². The van der Waals surface area contributed by atoms with E-state index in [2.05, 4.69) is 10.3 Å². The summed E-state index contributed by atoms with van der Waals surface area (Å²) < 4.78 is 62.0. The SMILES string of the molecule is Cc1ccc(C(C)(C)N2CCC(CCc3ccc(F)s3)([C@H](NC(=O)OC(C)C)C(F)(F)F)C2)cn1. The lowest BCUT2D eigenvalue weighted by Gasteiger charge is -2.42. The molecular weight excluding hydrogens is 482 g/mol. The Morgan fingerprint density at radius 1 is 1.26 bits per heavy atom. The zero-order valence-electron chi connectivity index (χ0n) is 20.7. The molecule has 1 aliphatic heterocycles. The summed E-state index contributed by atoms with van der Waals surface area (Å²) in [5.74, 6) is 0. The number of amides is 1. The fraction of sp³-hybridized carbons (Fsp3) is 0.600. The van der Waals surface area contributed by atoms with Gasteiger partial charge in [0.25, 0.3) is 0 Å². The van der Waals surface area contributed by atoms with Gasteiger partial charge in [0.15, 0.2) is 5.13 Å². The van der Waals surface area contributed by atoms with Crippen molar-refractivity contribution in [2.75, 3.05) is 13.1 Å². The fourth-order valence-corrected chi connectivity index (χ4v) is 5.50. The lowest BCUT2D eigenvalue weighted by atomic mass is 9.74. The molecular formula is C25H33F4N3O2S. The van der Waals surface area contributed by atoms with E-state index < -0.39 is 35.4 Å². The van der Waals surface area contributed by atoms with Crippen molar-refractivity contribution in [3.8, 4) is 0 Å². The second kappa shape index (κ2) is 10.4. The van der Waals surface area contributed by atoms with Crippen LogP contribution in [0.2, 0.25) is 0 Å². The number of rotatable bonds is 8. The number of hydrogen-bond donors (Lipinski definition) is 1. The number of thiophene rings is 1. The van der Waals surface area contributed by atoms with Gasteiger partial charge in [-0.2, -0.15) is 17.6 Å². The maximum atomic E-state index is 14.5. The van der Waals surface area contributed by atoms with Crippen LogP contribution in [0.5, 0.6) is 0 Å². The third kappa shape index (κ3) is 6.52. The van der Waals surface area contributed by atoms with Crippen LogP contribution in [-0.4, -0.2) is 47.4 Å². The molecule has 0 aliphatic carbocycles. The average molecular weight is 516 g/mol. The van der Waals surface area contributed by atoms with Crippen molar-refractivity contribution in [3.05, 3.63) is 51.7 Å². The number of likely N-dealkylation sites (tertiary alicyclic amines) is 1. The minimum atomic E-state index is -4.69. The lowest BCUT2D eigenvalue weighted by Crippen LogP contribution is -2.58. The molecule has 3 heterocycles. The molecule has 2 aromatic rings. The molecule has 2 aromatic heterocycles. The predicted octanol–water partition coefficient (Wildman–Crippen LogP) is 6.22. The molecule has 1 N–H and O–H groups in total. The second-order valence-corrected chi connectivity index (χ2v) is 11.2. The van der Waals surface area contributed by atoms with Crippen LogP contribution < -0.4 is 5.32 Å². The topological polar surface area (TPSA) is 54.5 Å². The van der Waals surface area contributed by atoms with Crippen molar-refractivity contribution in [2.24, 2.45) is 5.41 Å². The van der Waals surface area contributed by atoms with Gasteiger partial charge in [-0.1, -0.05) is 6.07 Å². The van der Waals surface area contributed by atoms with Crippen LogP contribution in [0.4, 0.5) is 22.4 Å². The van der Waals surface area contributed by atoms with Crippen molar-refractivity contribution in [1.29, 1.82) is 0 Å². The number of ether oxygens (including phenoxy) is 1. The molecule has 0 saturated carbocycles. The Kier molecular flexibility index (Phi) is 8.16. The smallest absolute Gasteiger partial charge is 0.409 e. The summed E-state index contributed by atoms with van der Waals surface area (Å²) in [6.45, 7) is 9.49. The summed E-state index contributed by atoms with van der Waals surface area (Å²) >= 11 is 0.934. The van der Waals surface area contributed by atoms with Gasteiger partial charge in [0.05, 0.1) is 6.10 Å². The highest BCUT2D eigenvalue weighted by Gasteiger charge is 2.58. The molecule has 3 rings (SSSR count). The number of aromatic nitrogens is 1. The molecule has 194 valence electrons. The number of aryl methyl sites for hydroxylation is 2. The van der Waals surface area contributed by atoms with Gasteiger partial charge in [-0.15, -0.1) is 11.3 Å². The van der Waals surface area contributed by atoms with Crippen LogP contribution in [0.25, 0.3) is 0 Å². The number of nitrogens with one attached hydrogen (secondary N) is 1. The summed E-state index contributed by atoms with van der Waals surface area (Å²) in [5, 5.41) is 1.76. The molecule has 1 amide bonds. The normalized spacial score (nSPS) is 20.3. The number of carbonyl (C=O) groups excluding carboxylic acids is 1. The molecule has 2 atom stereocenters. The van der Waals surface area contributed by atoms with E-state index in [1.165, 1.54) is 6.07 Å². The molecule has 1 fully saturated rings. The molecule has 1 unspecified atom stereocenters. The van der Waals surface area contributed by atoms with Crippen LogP contribution >= 0.6 is 11.3 Å². The van der Waals surface area contributed by atoms with Crippen molar-refractivity contribution in [1.82, 2.24) is 15.2 Å². The zero-order valence-corrected chi connectivity index (χ0v) is 21.5. The average Bonchev–Trinajstić information content (AvgIpc) is 3.37. The predicted molar refractivity (Wildman–Crippen MR) is 128 cm³/mol. The first kappa shape index (κ1) is 27.4. The van der Waals surface area contributed by atoms with Gasteiger partial charge in [0, 0.05) is 34.3 Å². The first-order valence-electron chi connectivity index (χ1n) is 11.7. The van der Waals surface area contributed by atoms with Crippen LogP contribution in [0.1, 0.15) is 56.7 Å². The summed E-state index contributed by atoms with van der Waals surface area (Å²) in [5.41, 5.74) is -0.139. The molecule has 0 bridgehead atoms. The van der Waals surface area contributed by atoms with E-state index in [9.17, 15) is 22.4 Å². The number of halogens is 4. The Morgan fingerprint density at radius 3 is 2.51 bits per heavy atom. The fourth-order valence-electron chi connectivity index (χ4n) is 4.78. The van der Waals surface area contributed by atoms with E-state index in [0.717, 1.165) is 22.6 Å². The van der Waals surface area contributed by atoms with Crippen LogP contribution in [0, 0.1) is 17.5 Å². The largest absolute Gasteiger partial charge is 0.447 e. The van der Waals surface area contributed by atoms with E-state index in [1.807, 2.05) is 37.8 Å². The monoisotopic (exact) mass is 515 g/mol. The number of carbonyl (C=O) groups is 1. The molecule has 1 saturated heterocycles. The Labute approximate surface area is 207 Å². The molecule has 1 aliphatic rings. The van der Waals surface area contributed by atoms with E-state index in [-0.39, 0.29) is 30.9 Å². The molecule has 35 heavy (non-hydrogen) atoms. The number of alkyl halides is 3. The number of nitrogens with zero attached hydrogens (tertiary/aromatic N) is 2. The maximum absolute atomic E-state index is 14.5. The number of pyridine rings is 1. The first-order valence-corrected chi connectivity index (χ1v) is 12.5. The maximum Gasteiger partial charge on any atom is 0.409 e. The minimum Gasteiger partial charge on any atom is -0.447 e. The minimum absolute atomic E-state index is 0.105. The van der Waals surface area contributed by atoms with Gasteiger partial charge >= 0.3 is 12.3 Å². The summed E-state index contributed by atoms with van der Waals surface area (Å²) in [7, 11) is 0. The third-order valence-electron chi connectivity index (χ3n) is 6.84. The van der Waals surface area contributed by atoms with Gasteiger partial charge in [-0.25, -0.2) is 4.79 Å². The van der Waals surface area contributed by atoms with Crippen LogP contribution in [-0.2, 0) is 16.7 Å². The van der Waals surface area contributed by atoms with E-state index >= 15 is 0 Å². The Hall–Kier alpha value is -2.20. The summed E-state index contributed by atoms with van der Waals surface area (Å²) in [6, 6.07) is 4.64. The lowest BCUT2D eigenvalue weighted by molar-refractivity contribution is -0.183. The highest BCUT2D eigenvalue weighted by molar-refractivity contribution is 7.10. The van der Waals surface area contributed by atoms with Crippen molar-refractivity contribution in [3.63, 3.8) is 0 Å². The molecule has 0 radical (unpaired) electrons. The standard InChI is InChI=1S/C25H33F4N3O2S/c1-16(2)34-22(33)31-21(25(27,28)29)24(11-10-19-8-9-20(26)35-19)12-13-32(15-24)23(4,5)18-7-6-17(3)30-14-18/h6-9,14,16,21H,10-13,15H2,1-5H3,(H,31,33)/t21-,24?/m0/s1. The summed E-state index contributed by atoms with van der Waals surface area (Å²) in [6.07, 6.45) is -3.95. The van der Waals surface area contributed by atoms with Gasteiger partial charge in [-0.05, 0) is 84.2 Å². The highest BCUT2D eigenvalue weighted by Crippen LogP contribution is 2.48. The van der Waals surface area contributed by atoms with Crippen molar-refractivity contribution >= 4 is 17.4 Å². The molecule has 0 spiro atoms. The van der Waals surface area contributed by atoms with Gasteiger partial charge < -0.3 is 10.1 Å². The number of hydrogen-bond acceptors (Lipinski definition) is 5. The van der Waals surface area contributed by atoms with Gasteiger partial charge in [0.1, 0.15) is 6.04 Å². The molecule has 10 heteroatoms. The van der Waals surface area contributed by atoms with E-state index in [4.69, 9.17) is 4.74 Å². The van der Waals surface area contributed by atoms with Crippen molar-refractivity contribution < 1.29 is 27.1 Å². The quantitative estimate of drug-likeness (QED) is 0.425. The second-order valence-electron chi connectivity index (χ2n) is 10.1. The van der Waals surface area contributed by atoms with Crippen molar-refractivity contribution in [2.45, 2.75) is 77.7 Å². The van der Waals surface area contributed by atoms with E-state index in [1.54, 1.807) is 26.1 Å². The third-order valence-corrected chi connectivity index (χ3v) is 7.77. The van der Waals surface area contributed by atoms with Crippen LogP contribution in [0.3, 0.4) is 0 Å². The Morgan fingerprint density at radius 2 is 1.97 bits per heavy atom. The van der Waals surface area contributed by atoms with Crippen LogP contribution in [0.15, 0.2) is 30.5 Å². The summed E-state index contributed by atoms with van der Waals surface area (Å²) in [4.78, 5) is 19.4.